The van der Waals surface area contributed by atoms with Crippen molar-refractivity contribution in [1.29, 1.82) is 0 Å². The van der Waals surface area contributed by atoms with Gasteiger partial charge in [0.2, 0.25) is 17.7 Å². The minimum atomic E-state index is -0.215. The zero-order chi connectivity index (χ0) is 13.5. The van der Waals surface area contributed by atoms with Gasteiger partial charge in [-0.25, -0.2) is 0 Å². The average Bonchev–Trinajstić information content (AvgIpc) is 2.55. The van der Waals surface area contributed by atoms with Gasteiger partial charge in [0.15, 0.2) is 0 Å². The van der Waals surface area contributed by atoms with E-state index in [1.807, 2.05) is 6.92 Å². The number of nitrogens with zero attached hydrogens (tertiary/aromatic N) is 1. The van der Waals surface area contributed by atoms with E-state index in [1.54, 1.807) is 6.92 Å². The Labute approximate surface area is 107 Å². The molecule has 1 aliphatic heterocycles. The molecule has 102 valence electrons. The van der Waals surface area contributed by atoms with Crippen molar-refractivity contribution in [1.82, 2.24) is 10.2 Å². The molecule has 1 fully saturated rings. The second-order valence-corrected chi connectivity index (χ2v) is 4.30. The molecule has 0 aliphatic carbocycles. The first kappa shape index (κ1) is 14.6. The molecule has 1 saturated heterocycles. The molecular formula is C12H20N2O4. The molecule has 1 N–H and O–H groups in total. The van der Waals surface area contributed by atoms with Crippen LogP contribution in [0.25, 0.3) is 0 Å². The number of hydrogen-bond acceptors (Lipinski definition) is 4. The normalized spacial score (nSPS) is 19.4. The van der Waals surface area contributed by atoms with E-state index in [-0.39, 0.29) is 43.2 Å². The summed E-state index contributed by atoms with van der Waals surface area (Å²) in [7, 11) is 0. The number of hydrogen-bond donors (Lipinski definition) is 1. The van der Waals surface area contributed by atoms with Gasteiger partial charge in [-0.1, -0.05) is 6.92 Å². The summed E-state index contributed by atoms with van der Waals surface area (Å²) in [5, 5.41) is 2.66. The van der Waals surface area contributed by atoms with Crippen molar-refractivity contribution in [2.75, 3.05) is 26.3 Å². The van der Waals surface area contributed by atoms with Gasteiger partial charge in [-0.15, -0.1) is 0 Å². The van der Waals surface area contributed by atoms with Crippen LogP contribution in [0, 0.1) is 5.92 Å². The van der Waals surface area contributed by atoms with Crippen LogP contribution in [0.3, 0.4) is 0 Å². The van der Waals surface area contributed by atoms with E-state index < -0.39 is 0 Å². The molecule has 18 heavy (non-hydrogen) atoms. The van der Waals surface area contributed by atoms with Crippen LogP contribution >= 0.6 is 0 Å². The van der Waals surface area contributed by atoms with E-state index in [4.69, 9.17) is 4.74 Å². The largest absolute Gasteiger partial charge is 0.379 e. The summed E-state index contributed by atoms with van der Waals surface area (Å²) < 4.78 is 5.24. The van der Waals surface area contributed by atoms with Gasteiger partial charge in [0, 0.05) is 25.3 Å². The highest BCUT2D eigenvalue weighted by atomic mass is 16.5. The van der Waals surface area contributed by atoms with Gasteiger partial charge in [-0.05, 0) is 6.92 Å². The van der Waals surface area contributed by atoms with Gasteiger partial charge < -0.3 is 10.1 Å². The molecule has 0 aromatic rings. The van der Waals surface area contributed by atoms with E-state index in [1.165, 1.54) is 4.90 Å². The Hall–Kier alpha value is -1.43. The summed E-state index contributed by atoms with van der Waals surface area (Å²) >= 11 is 0. The Morgan fingerprint density at radius 2 is 2.17 bits per heavy atom. The monoisotopic (exact) mass is 256 g/mol. The van der Waals surface area contributed by atoms with Gasteiger partial charge in [0.25, 0.3) is 0 Å². The minimum absolute atomic E-state index is 0.0561. The standard InChI is InChI=1S/C12H20N2O4/c1-3-13-10(15)4-6-18-7-5-14-11(16)8-9(2)12(14)17/h9H,3-8H2,1-2H3,(H,13,15). The Balaban J connectivity index is 2.13. The molecule has 1 unspecified atom stereocenters. The average molecular weight is 256 g/mol. The molecule has 0 radical (unpaired) electrons. The van der Waals surface area contributed by atoms with Gasteiger partial charge in [-0.3, -0.25) is 19.3 Å². The quantitative estimate of drug-likeness (QED) is 0.511. The van der Waals surface area contributed by atoms with E-state index in [2.05, 4.69) is 5.32 Å². The molecule has 0 aromatic carbocycles. The van der Waals surface area contributed by atoms with E-state index in [9.17, 15) is 14.4 Å². The Morgan fingerprint density at radius 1 is 1.44 bits per heavy atom. The zero-order valence-electron chi connectivity index (χ0n) is 10.9. The maximum absolute atomic E-state index is 11.6. The Kier molecular flexibility index (Phi) is 5.77. The topological polar surface area (TPSA) is 75.7 Å². The van der Waals surface area contributed by atoms with Gasteiger partial charge in [0.1, 0.15) is 0 Å². The number of likely N-dealkylation sites (tertiary alicyclic amines) is 1. The van der Waals surface area contributed by atoms with Crippen molar-refractivity contribution < 1.29 is 19.1 Å². The van der Waals surface area contributed by atoms with Crippen LogP contribution in [0.15, 0.2) is 0 Å². The Bertz CT molecular complexity index is 330. The van der Waals surface area contributed by atoms with Crippen LogP contribution in [0.2, 0.25) is 0 Å². The van der Waals surface area contributed by atoms with Crippen LogP contribution in [0.5, 0.6) is 0 Å². The highest BCUT2D eigenvalue weighted by Crippen LogP contribution is 2.17. The maximum Gasteiger partial charge on any atom is 0.232 e. The molecule has 1 heterocycles. The van der Waals surface area contributed by atoms with Crippen molar-refractivity contribution in [2.24, 2.45) is 5.92 Å². The first-order valence-electron chi connectivity index (χ1n) is 6.25. The summed E-state index contributed by atoms with van der Waals surface area (Å²) in [6, 6.07) is 0. The molecule has 0 saturated carbocycles. The lowest BCUT2D eigenvalue weighted by Crippen LogP contribution is -2.33. The molecule has 0 spiro atoms. The highest BCUT2D eigenvalue weighted by molar-refractivity contribution is 6.03. The number of amides is 3. The van der Waals surface area contributed by atoms with Gasteiger partial charge in [0.05, 0.1) is 19.8 Å². The highest BCUT2D eigenvalue weighted by Gasteiger charge is 2.34. The molecule has 6 heteroatoms. The lowest BCUT2D eigenvalue weighted by Gasteiger charge is -2.14. The molecule has 1 rings (SSSR count). The number of nitrogens with one attached hydrogen (secondary N) is 1. The van der Waals surface area contributed by atoms with Crippen LogP contribution in [-0.4, -0.2) is 48.9 Å². The molecule has 1 aliphatic rings. The lowest BCUT2D eigenvalue weighted by atomic mass is 10.1. The fourth-order valence-corrected chi connectivity index (χ4v) is 1.79. The van der Waals surface area contributed by atoms with Crippen molar-refractivity contribution in [2.45, 2.75) is 26.7 Å². The second-order valence-electron chi connectivity index (χ2n) is 4.30. The number of carbonyl (C=O) groups excluding carboxylic acids is 3. The van der Waals surface area contributed by atoms with E-state index in [0.717, 1.165) is 0 Å². The fraction of sp³-hybridized carbons (Fsp3) is 0.750. The van der Waals surface area contributed by atoms with Crippen molar-refractivity contribution in [3.05, 3.63) is 0 Å². The molecule has 6 nitrogen and oxygen atoms in total. The Morgan fingerprint density at radius 3 is 2.72 bits per heavy atom. The minimum Gasteiger partial charge on any atom is -0.379 e. The maximum atomic E-state index is 11.6. The van der Waals surface area contributed by atoms with Gasteiger partial charge in [-0.2, -0.15) is 0 Å². The number of carbonyl (C=O) groups is 3. The lowest BCUT2D eigenvalue weighted by molar-refractivity contribution is -0.140. The zero-order valence-corrected chi connectivity index (χ0v) is 10.9. The van der Waals surface area contributed by atoms with E-state index >= 15 is 0 Å². The smallest absolute Gasteiger partial charge is 0.232 e. The molecule has 1 atom stereocenters. The third-order valence-electron chi connectivity index (χ3n) is 2.78. The van der Waals surface area contributed by atoms with Crippen molar-refractivity contribution >= 4 is 17.7 Å². The van der Waals surface area contributed by atoms with Crippen LogP contribution in [-0.2, 0) is 19.1 Å². The summed E-state index contributed by atoms with van der Waals surface area (Å²) in [5.74, 6) is -0.542. The third-order valence-corrected chi connectivity index (χ3v) is 2.78. The fourth-order valence-electron chi connectivity index (χ4n) is 1.79. The first-order valence-corrected chi connectivity index (χ1v) is 6.25. The summed E-state index contributed by atoms with van der Waals surface area (Å²) in [6.07, 6.45) is 0.587. The van der Waals surface area contributed by atoms with Crippen LogP contribution < -0.4 is 5.32 Å². The predicted octanol–water partition coefficient (Wildman–Crippen LogP) is -0.0758. The molecule has 0 bridgehead atoms. The SMILES string of the molecule is CCNC(=O)CCOCCN1C(=O)CC(C)C1=O. The predicted molar refractivity (Wildman–Crippen MR) is 64.6 cm³/mol. The second kappa shape index (κ2) is 7.10. The third kappa shape index (κ3) is 4.10. The van der Waals surface area contributed by atoms with Crippen LogP contribution in [0.1, 0.15) is 26.7 Å². The molecule has 3 amide bonds. The van der Waals surface area contributed by atoms with Crippen LogP contribution in [0.4, 0.5) is 0 Å². The van der Waals surface area contributed by atoms with Gasteiger partial charge >= 0.3 is 0 Å². The summed E-state index contributed by atoms with van der Waals surface area (Å²) in [6.45, 7) is 5.06. The molecule has 0 aromatic heterocycles. The summed E-state index contributed by atoms with van der Waals surface area (Å²) in [5.41, 5.74) is 0. The summed E-state index contributed by atoms with van der Waals surface area (Å²) in [4.78, 5) is 35.3. The number of rotatable bonds is 7. The number of imide groups is 1. The number of ether oxygens (including phenoxy) is 1. The van der Waals surface area contributed by atoms with Crippen molar-refractivity contribution in [3.8, 4) is 0 Å². The first-order chi connectivity index (χ1) is 8.56. The molecular weight excluding hydrogens is 236 g/mol. The van der Waals surface area contributed by atoms with Crippen molar-refractivity contribution in [3.63, 3.8) is 0 Å². The van der Waals surface area contributed by atoms with E-state index in [0.29, 0.717) is 19.6 Å².